The molecule has 2 atom stereocenters. The van der Waals surface area contributed by atoms with E-state index in [1.54, 1.807) is 0 Å². The number of rotatable bonds is 5. The Hall–Kier alpha value is -0.820. The van der Waals surface area contributed by atoms with Crippen LogP contribution in [0, 0.1) is 11.3 Å². The molecule has 100 valence electrons. The van der Waals surface area contributed by atoms with E-state index in [1.807, 2.05) is 0 Å². The Morgan fingerprint density at radius 3 is 2.22 bits per heavy atom. The quantitative estimate of drug-likeness (QED) is 0.802. The van der Waals surface area contributed by atoms with Crippen molar-refractivity contribution in [3.05, 3.63) is 35.9 Å². The molecule has 1 nitrogen and oxygen atoms in total. The molecule has 2 rings (SSSR count). The van der Waals surface area contributed by atoms with Gasteiger partial charge in [-0.25, -0.2) is 0 Å². The van der Waals surface area contributed by atoms with Crippen molar-refractivity contribution >= 4 is 0 Å². The van der Waals surface area contributed by atoms with E-state index in [-0.39, 0.29) is 5.41 Å². The monoisotopic (exact) mass is 245 g/mol. The Morgan fingerprint density at radius 2 is 1.78 bits per heavy atom. The molecule has 1 heteroatoms. The third-order valence-electron chi connectivity index (χ3n) is 4.01. The van der Waals surface area contributed by atoms with Gasteiger partial charge in [0.25, 0.3) is 0 Å². The summed E-state index contributed by atoms with van der Waals surface area (Å²) in [5, 5.41) is 3.92. The number of nitrogens with one attached hydrogen (secondary N) is 1. The van der Waals surface area contributed by atoms with Crippen molar-refractivity contribution in [3.63, 3.8) is 0 Å². The van der Waals surface area contributed by atoms with Crippen molar-refractivity contribution in [2.75, 3.05) is 0 Å². The van der Waals surface area contributed by atoms with Crippen LogP contribution in [0.15, 0.2) is 30.3 Å². The van der Waals surface area contributed by atoms with Crippen LogP contribution in [0.3, 0.4) is 0 Å². The Balaban J connectivity index is 2.15. The molecule has 2 unspecified atom stereocenters. The molecule has 18 heavy (non-hydrogen) atoms. The molecule has 0 aromatic heterocycles. The summed E-state index contributed by atoms with van der Waals surface area (Å²) in [6.07, 6.45) is 4.07. The van der Waals surface area contributed by atoms with Crippen molar-refractivity contribution in [3.8, 4) is 0 Å². The molecule has 0 saturated heterocycles. The SMILES string of the molecule is CCC(NC(c1ccccc1)C(C)(C)C)C1CC1. The Morgan fingerprint density at radius 1 is 1.17 bits per heavy atom. The molecule has 1 aliphatic rings. The first-order valence-corrected chi connectivity index (χ1v) is 7.33. The average Bonchev–Trinajstić information content (AvgIpc) is 3.14. The zero-order valence-electron chi connectivity index (χ0n) is 12.2. The van der Waals surface area contributed by atoms with E-state index in [4.69, 9.17) is 0 Å². The lowest BCUT2D eigenvalue weighted by molar-refractivity contribution is 0.236. The zero-order chi connectivity index (χ0) is 13.2. The van der Waals surface area contributed by atoms with Crippen molar-refractivity contribution in [1.29, 1.82) is 0 Å². The van der Waals surface area contributed by atoms with Crippen molar-refractivity contribution < 1.29 is 0 Å². The second kappa shape index (κ2) is 5.44. The van der Waals surface area contributed by atoms with E-state index in [1.165, 1.54) is 24.8 Å². The van der Waals surface area contributed by atoms with E-state index >= 15 is 0 Å². The van der Waals surface area contributed by atoms with E-state index in [2.05, 4.69) is 63.3 Å². The molecule has 0 spiro atoms. The lowest BCUT2D eigenvalue weighted by atomic mass is 9.81. The molecule has 0 amide bonds. The molecule has 0 radical (unpaired) electrons. The van der Waals surface area contributed by atoms with Crippen LogP contribution >= 0.6 is 0 Å². The van der Waals surface area contributed by atoms with Gasteiger partial charge in [-0.15, -0.1) is 0 Å². The fraction of sp³-hybridized carbons (Fsp3) is 0.647. The summed E-state index contributed by atoms with van der Waals surface area (Å²) in [4.78, 5) is 0. The van der Waals surface area contributed by atoms with Gasteiger partial charge < -0.3 is 5.32 Å². The summed E-state index contributed by atoms with van der Waals surface area (Å²) in [6, 6.07) is 12.0. The maximum absolute atomic E-state index is 3.92. The molecule has 0 heterocycles. The van der Waals surface area contributed by atoms with Crippen LogP contribution in [0.4, 0.5) is 0 Å². The lowest BCUT2D eigenvalue weighted by Gasteiger charge is -2.35. The van der Waals surface area contributed by atoms with E-state index < -0.39 is 0 Å². The van der Waals surface area contributed by atoms with E-state index in [0.29, 0.717) is 12.1 Å². The van der Waals surface area contributed by atoms with Gasteiger partial charge in [0.15, 0.2) is 0 Å². The fourth-order valence-electron chi connectivity index (χ4n) is 2.79. The molecule has 1 saturated carbocycles. The summed E-state index contributed by atoms with van der Waals surface area (Å²) in [5.41, 5.74) is 1.67. The zero-order valence-corrected chi connectivity index (χ0v) is 12.2. The van der Waals surface area contributed by atoms with Gasteiger partial charge >= 0.3 is 0 Å². The maximum Gasteiger partial charge on any atom is 0.0371 e. The third-order valence-corrected chi connectivity index (χ3v) is 4.01. The van der Waals surface area contributed by atoms with Crippen LogP contribution in [0.1, 0.15) is 58.6 Å². The van der Waals surface area contributed by atoms with Gasteiger partial charge in [-0.05, 0) is 36.2 Å². The highest BCUT2D eigenvalue weighted by Gasteiger charge is 2.34. The molecule has 1 aromatic carbocycles. The summed E-state index contributed by atoms with van der Waals surface area (Å²) in [7, 11) is 0. The molecule has 1 aliphatic carbocycles. The van der Waals surface area contributed by atoms with Crippen LogP contribution in [0.25, 0.3) is 0 Å². The molecule has 1 fully saturated rings. The standard InChI is InChI=1S/C17H27N/c1-5-15(13-11-12-13)18-16(17(2,3)4)14-9-7-6-8-10-14/h6-10,13,15-16,18H,5,11-12H2,1-4H3. The molecule has 1 aromatic rings. The van der Waals surface area contributed by atoms with Crippen LogP contribution in [0.2, 0.25) is 0 Å². The van der Waals surface area contributed by atoms with Crippen molar-refractivity contribution in [2.45, 2.75) is 59.0 Å². The van der Waals surface area contributed by atoms with Gasteiger partial charge in [0.05, 0.1) is 0 Å². The van der Waals surface area contributed by atoms with Gasteiger partial charge in [-0.3, -0.25) is 0 Å². The van der Waals surface area contributed by atoms with Crippen molar-refractivity contribution in [1.82, 2.24) is 5.32 Å². The Labute approximate surface area is 112 Å². The second-order valence-electron chi connectivity index (χ2n) is 6.73. The summed E-state index contributed by atoms with van der Waals surface area (Å²) in [5.74, 6) is 0.920. The molecule has 0 aliphatic heterocycles. The van der Waals surface area contributed by atoms with Crippen LogP contribution in [-0.4, -0.2) is 6.04 Å². The Kier molecular flexibility index (Phi) is 4.11. The van der Waals surface area contributed by atoms with Gasteiger partial charge in [0.1, 0.15) is 0 Å². The first-order chi connectivity index (χ1) is 8.52. The second-order valence-corrected chi connectivity index (χ2v) is 6.73. The van der Waals surface area contributed by atoms with Gasteiger partial charge in [-0.1, -0.05) is 58.0 Å². The number of hydrogen-bond acceptors (Lipinski definition) is 1. The summed E-state index contributed by atoms with van der Waals surface area (Å²) >= 11 is 0. The number of hydrogen-bond donors (Lipinski definition) is 1. The predicted octanol–water partition coefficient (Wildman–Crippen LogP) is 4.55. The van der Waals surface area contributed by atoms with Crippen LogP contribution in [-0.2, 0) is 0 Å². The minimum Gasteiger partial charge on any atom is -0.306 e. The molecular formula is C17H27N. The first-order valence-electron chi connectivity index (χ1n) is 7.33. The topological polar surface area (TPSA) is 12.0 Å². The smallest absolute Gasteiger partial charge is 0.0371 e. The third kappa shape index (κ3) is 3.35. The van der Waals surface area contributed by atoms with Gasteiger partial charge in [-0.2, -0.15) is 0 Å². The lowest BCUT2D eigenvalue weighted by Crippen LogP contribution is -2.40. The summed E-state index contributed by atoms with van der Waals surface area (Å²) < 4.78 is 0. The molecular weight excluding hydrogens is 218 g/mol. The van der Waals surface area contributed by atoms with Crippen molar-refractivity contribution in [2.24, 2.45) is 11.3 Å². The minimum absolute atomic E-state index is 0.254. The molecule has 0 bridgehead atoms. The molecule has 1 N–H and O–H groups in total. The van der Waals surface area contributed by atoms with Crippen LogP contribution < -0.4 is 5.32 Å². The highest BCUT2D eigenvalue weighted by atomic mass is 15.0. The normalized spacial score (nSPS) is 19.6. The maximum atomic E-state index is 3.92. The fourth-order valence-corrected chi connectivity index (χ4v) is 2.79. The highest BCUT2D eigenvalue weighted by Crippen LogP contribution is 2.38. The number of benzene rings is 1. The van der Waals surface area contributed by atoms with Crippen LogP contribution in [0.5, 0.6) is 0 Å². The predicted molar refractivity (Wildman–Crippen MR) is 78.6 cm³/mol. The van der Waals surface area contributed by atoms with E-state index in [0.717, 1.165) is 5.92 Å². The highest BCUT2D eigenvalue weighted by molar-refractivity contribution is 5.21. The van der Waals surface area contributed by atoms with Gasteiger partial charge in [0.2, 0.25) is 0 Å². The average molecular weight is 245 g/mol. The largest absolute Gasteiger partial charge is 0.306 e. The Bertz CT molecular complexity index is 359. The first kappa shape index (κ1) is 13.6. The van der Waals surface area contributed by atoms with E-state index in [9.17, 15) is 0 Å². The van der Waals surface area contributed by atoms with Gasteiger partial charge in [0, 0.05) is 12.1 Å². The minimum atomic E-state index is 0.254. The summed E-state index contributed by atoms with van der Waals surface area (Å²) in [6.45, 7) is 9.30.